The minimum absolute atomic E-state index is 0.199. The van der Waals surface area contributed by atoms with Gasteiger partial charge < -0.3 is 9.72 Å². The van der Waals surface area contributed by atoms with Crippen molar-refractivity contribution in [3.8, 4) is 5.75 Å². The third kappa shape index (κ3) is 4.54. The molecule has 1 N–H and O–H groups in total. The number of nitrogens with one attached hydrogen (secondary N) is 1. The van der Waals surface area contributed by atoms with Crippen LogP contribution >= 0.6 is 50.6 Å². The van der Waals surface area contributed by atoms with Crippen LogP contribution in [0, 0.1) is 5.92 Å². The lowest BCUT2D eigenvalue weighted by atomic mass is 9.83. The van der Waals surface area contributed by atoms with Crippen LogP contribution in [0.5, 0.6) is 5.75 Å². The molecule has 2 aliphatic heterocycles. The maximum atomic E-state index is 13.7. The molecule has 186 valence electrons. The number of carbonyl (C=O) groups excluding carboxylic acids is 2. The molecule has 37 heavy (non-hydrogen) atoms. The number of hydrogen-bond donors (Lipinski definition) is 1. The number of thioether (sulfide) groups is 1. The number of anilines is 1. The van der Waals surface area contributed by atoms with Crippen LogP contribution in [0.3, 0.4) is 0 Å². The molecular formula is C27H18BrClN2O4S2. The van der Waals surface area contributed by atoms with Crippen molar-refractivity contribution in [2.24, 2.45) is 5.92 Å². The van der Waals surface area contributed by atoms with Gasteiger partial charge in [0.25, 0.3) is 0 Å². The van der Waals surface area contributed by atoms with Crippen molar-refractivity contribution >= 4 is 68.1 Å². The fraction of sp³-hybridized carbons (Fsp3) is 0.148. The van der Waals surface area contributed by atoms with Gasteiger partial charge in [0.05, 0.1) is 16.6 Å². The van der Waals surface area contributed by atoms with Crippen LogP contribution in [0.4, 0.5) is 5.69 Å². The van der Waals surface area contributed by atoms with E-state index < -0.39 is 17.1 Å². The van der Waals surface area contributed by atoms with E-state index in [1.807, 2.05) is 48.5 Å². The first-order valence-corrected chi connectivity index (χ1v) is 14.3. The van der Waals surface area contributed by atoms with Crippen molar-refractivity contribution in [2.75, 3.05) is 4.90 Å². The van der Waals surface area contributed by atoms with Crippen molar-refractivity contribution < 1.29 is 14.3 Å². The Labute approximate surface area is 233 Å². The van der Waals surface area contributed by atoms with E-state index in [2.05, 4.69) is 20.9 Å². The van der Waals surface area contributed by atoms with Crippen molar-refractivity contribution in [1.82, 2.24) is 4.98 Å². The molecule has 1 saturated heterocycles. The van der Waals surface area contributed by atoms with E-state index in [9.17, 15) is 14.4 Å². The second-order valence-electron chi connectivity index (χ2n) is 8.72. The largest absolute Gasteiger partial charge is 0.489 e. The predicted molar refractivity (Wildman–Crippen MR) is 149 cm³/mol. The molecule has 0 aliphatic carbocycles. The van der Waals surface area contributed by atoms with Gasteiger partial charge in [-0.15, -0.1) is 0 Å². The third-order valence-corrected chi connectivity index (χ3v) is 9.65. The molecule has 10 heteroatoms. The van der Waals surface area contributed by atoms with Crippen LogP contribution in [-0.4, -0.2) is 22.0 Å². The van der Waals surface area contributed by atoms with Gasteiger partial charge in [-0.1, -0.05) is 74.9 Å². The number of ether oxygens (including phenoxy) is 1. The Morgan fingerprint density at radius 3 is 2.32 bits per heavy atom. The number of fused-ring (bicyclic) bond motifs is 2. The first-order valence-electron chi connectivity index (χ1n) is 11.4. The molecule has 0 spiro atoms. The van der Waals surface area contributed by atoms with Crippen LogP contribution in [0.1, 0.15) is 21.9 Å². The number of amides is 2. The summed E-state index contributed by atoms with van der Waals surface area (Å²) < 4.78 is 6.78. The van der Waals surface area contributed by atoms with E-state index in [4.69, 9.17) is 16.3 Å². The first kappa shape index (κ1) is 24.5. The lowest BCUT2D eigenvalue weighted by molar-refractivity contribution is -0.122. The van der Waals surface area contributed by atoms with Gasteiger partial charge in [-0.3, -0.25) is 14.4 Å². The SMILES string of the molecule is O=C1C2Sc3[nH]c(=O)sc3C(c3ccc(OCc4ccc(Cl)cc4)cc3)C2C(=O)N1c1ccc(Br)cc1. The van der Waals surface area contributed by atoms with Crippen LogP contribution in [-0.2, 0) is 16.2 Å². The number of aromatic nitrogens is 1. The Hall–Kier alpha value is -2.85. The van der Waals surface area contributed by atoms with Crippen molar-refractivity contribution in [1.29, 1.82) is 0 Å². The Balaban J connectivity index is 1.32. The van der Waals surface area contributed by atoms with Gasteiger partial charge in [0.2, 0.25) is 11.8 Å². The zero-order valence-corrected chi connectivity index (χ0v) is 23.0. The maximum absolute atomic E-state index is 13.7. The fourth-order valence-corrected chi connectivity index (χ4v) is 7.65. The van der Waals surface area contributed by atoms with E-state index in [-0.39, 0.29) is 16.7 Å². The van der Waals surface area contributed by atoms with Gasteiger partial charge >= 0.3 is 4.87 Å². The number of rotatable bonds is 5. The smallest absolute Gasteiger partial charge is 0.305 e. The summed E-state index contributed by atoms with van der Waals surface area (Å²) in [6, 6.07) is 22.1. The minimum Gasteiger partial charge on any atom is -0.489 e. The standard InChI is InChI=1S/C27H18BrClN2O4S2/c28-16-5-9-18(10-6-16)31-25(32)21-20(22-24(30-27(34)37-22)36-23(21)26(31)33)15-3-11-19(12-4-15)35-13-14-1-7-17(29)8-2-14/h1-12,20-21,23H,13H2,(H,30,34). The zero-order valence-electron chi connectivity index (χ0n) is 19.0. The molecule has 4 aromatic rings. The van der Waals surface area contributed by atoms with Crippen LogP contribution in [0.25, 0.3) is 0 Å². The normalized spacial score (nSPS) is 20.6. The molecule has 1 fully saturated rings. The molecular weight excluding hydrogens is 596 g/mol. The monoisotopic (exact) mass is 612 g/mol. The van der Waals surface area contributed by atoms with E-state index >= 15 is 0 Å². The second-order valence-corrected chi connectivity index (χ2v) is 12.2. The fourth-order valence-electron chi connectivity index (χ4n) is 4.74. The molecule has 0 radical (unpaired) electrons. The summed E-state index contributed by atoms with van der Waals surface area (Å²) in [7, 11) is 0. The Kier molecular flexibility index (Phi) is 6.48. The quantitative estimate of drug-likeness (QED) is 0.270. The summed E-state index contributed by atoms with van der Waals surface area (Å²) >= 11 is 11.7. The molecule has 3 unspecified atom stereocenters. The summed E-state index contributed by atoms with van der Waals surface area (Å²) in [6.07, 6.45) is 0. The molecule has 0 bridgehead atoms. The number of hydrogen-bond acceptors (Lipinski definition) is 6. The molecule has 6 nitrogen and oxygen atoms in total. The minimum atomic E-state index is -0.625. The van der Waals surface area contributed by atoms with Crippen LogP contribution in [0.2, 0.25) is 5.02 Å². The second kappa shape index (κ2) is 9.79. The van der Waals surface area contributed by atoms with Crippen molar-refractivity contribution in [3.63, 3.8) is 0 Å². The highest BCUT2D eigenvalue weighted by atomic mass is 79.9. The lowest BCUT2D eigenvalue weighted by Crippen LogP contribution is -2.32. The Morgan fingerprint density at radius 1 is 0.919 bits per heavy atom. The number of benzene rings is 3. The first-order chi connectivity index (χ1) is 17.9. The predicted octanol–water partition coefficient (Wildman–Crippen LogP) is 6.23. The highest BCUT2D eigenvalue weighted by Gasteiger charge is 2.56. The maximum Gasteiger partial charge on any atom is 0.305 e. The van der Waals surface area contributed by atoms with E-state index in [0.717, 1.165) is 31.8 Å². The highest BCUT2D eigenvalue weighted by Crippen LogP contribution is 2.53. The third-order valence-electron chi connectivity index (χ3n) is 6.47. The zero-order chi connectivity index (χ0) is 25.7. The number of imide groups is 1. The van der Waals surface area contributed by atoms with Crippen molar-refractivity contribution in [2.45, 2.75) is 22.8 Å². The number of thiazole rings is 1. The number of carbonyl (C=O) groups is 2. The summed E-state index contributed by atoms with van der Waals surface area (Å²) in [5.74, 6) is -0.904. The van der Waals surface area contributed by atoms with E-state index in [1.165, 1.54) is 16.7 Å². The average molecular weight is 614 g/mol. The summed E-state index contributed by atoms with van der Waals surface area (Å²) in [5.41, 5.74) is 2.38. The summed E-state index contributed by atoms with van der Waals surface area (Å²) in [5, 5.41) is 0.699. The molecule has 1 aromatic heterocycles. The molecule has 3 heterocycles. The number of nitrogens with zero attached hydrogens (tertiary/aromatic N) is 1. The highest BCUT2D eigenvalue weighted by molar-refractivity contribution is 9.10. The molecule has 2 amide bonds. The number of aromatic amines is 1. The molecule has 2 aliphatic rings. The molecule has 6 rings (SSSR count). The van der Waals surface area contributed by atoms with Crippen LogP contribution < -0.4 is 14.5 Å². The van der Waals surface area contributed by atoms with Gasteiger partial charge in [-0.2, -0.15) is 0 Å². The Morgan fingerprint density at radius 2 is 1.62 bits per heavy atom. The van der Waals surface area contributed by atoms with Gasteiger partial charge in [0.1, 0.15) is 17.6 Å². The van der Waals surface area contributed by atoms with Gasteiger partial charge in [-0.05, 0) is 59.7 Å². The summed E-state index contributed by atoms with van der Waals surface area (Å²) in [6.45, 7) is 0.389. The van der Waals surface area contributed by atoms with Gasteiger partial charge in [0, 0.05) is 20.3 Å². The van der Waals surface area contributed by atoms with E-state index in [0.29, 0.717) is 28.1 Å². The summed E-state index contributed by atoms with van der Waals surface area (Å²) in [4.78, 5) is 44.2. The Bertz CT molecular complexity index is 1550. The molecule has 3 aromatic carbocycles. The van der Waals surface area contributed by atoms with E-state index in [1.54, 1.807) is 24.3 Å². The molecule has 3 atom stereocenters. The van der Waals surface area contributed by atoms with Crippen molar-refractivity contribution in [3.05, 3.63) is 108 Å². The number of halogens is 2. The molecule has 0 saturated carbocycles. The topological polar surface area (TPSA) is 79.5 Å². The lowest BCUT2D eigenvalue weighted by Gasteiger charge is -2.29. The number of H-pyrrole nitrogens is 1. The van der Waals surface area contributed by atoms with Gasteiger partial charge in [-0.25, -0.2) is 4.90 Å². The average Bonchev–Trinajstić information content (AvgIpc) is 3.39. The van der Waals surface area contributed by atoms with Gasteiger partial charge in [0.15, 0.2) is 0 Å². The van der Waals surface area contributed by atoms with Crippen LogP contribution in [0.15, 0.2) is 87.1 Å².